The van der Waals surface area contributed by atoms with Crippen molar-refractivity contribution in [1.29, 1.82) is 0 Å². The average Bonchev–Trinajstić information content (AvgIpc) is 2.54. The van der Waals surface area contributed by atoms with Gasteiger partial charge >= 0.3 is 5.51 Å². The molecule has 1 aromatic carbocycles. The second kappa shape index (κ2) is 4.98. The van der Waals surface area contributed by atoms with E-state index in [-0.39, 0.29) is 12.4 Å². The summed E-state index contributed by atoms with van der Waals surface area (Å²) in [5.41, 5.74) is -3.79. The van der Waals surface area contributed by atoms with Gasteiger partial charge in [-0.3, -0.25) is 0 Å². The Kier molecular flexibility index (Phi) is 4.28. The van der Waals surface area contributed by atoms with Gasteiger partial charge in [0, 0.05) is 22.9 Å². The Morgan fingerprint density at radius 2 is 1.58 bits per heavy atom. The van der Waals surface area contributed by atoms with Gasteiger partial charge in [-0.2, -0.15) is 0 Å². The number of benzene rings is 1. The minimum absolute atomic E-state index is 0. The summed E-state index contributed by atoms with van der Waals surface area (Å²) in [6.45, 7) is 7.34. The third-order valence-electron chi connectivity index (χ3n) is 2.87. The molecule has 5 heteroatoms. The van der Waals surface area contributed by atoms with Crippen LogP contribution in [0, 0.1) is 6.92 Å². The van der Waals surface area contributed by atoms with Crippen LogP contribution in [0.2, 0.25) is 0 Å². The minimum atomic E-state index is -4.20. The van der Waals surface area contributed by atoms with Crippen molar-refractivity contribution in [1.82, 2.24) is 0 Å². The highest BCUT2D eigenvalue weighted by Gasteiger charge is 2.50. The maximum absolute atomic E-state index is 13.3. The van der Waals surface area contributed by atoms with Crippen LogP contribution < -0.4 is 12.4 Å². The number of rotatable bonds is 0. The zero-order valence-corrected chi connectivity index (χ0v) is 12.8. The molecular weight excluding hydrogens is 293 g/mol. The molecule has 0 spiro atoms. The first-order valence-corrected chi connectivity index (χ1v) is 6.97. The first-order chi connectivity index (χ1) is 8.10. The lowest BCUT2D eigenvalue weighted by Crippen LogP contribution is -3.00. The third kappa shape index (κ3) is 3.06. The number of hydrogen-bond donors (Lipinski definition) is 0. The molecule has 1 atom stereocenters. The zero-order chi connectivity index (χ0) is 13.7. The summed E-state index contributed by atoms with van der Waals surface area (Å²) in [5, 5.41) is 0.714. The van der Waals surface area contributed by atoms with E-state index in [1.165, 1.54) is 0 Å². The van der Waals surface area contributed by atoms with E-state index < -0.39 is 21.4 Å². The van der Waals surface area contributed by atoms with Gasteiger partial charge in [-0.25, -0.2) is 0 Å². The predicted octanol–water partition coefficient (Wildman–Crippen LogP) is 2.68. The van der Waals surface area contributed by atoms with Gasteiger partial charge in [0.25, 0.3) is 0 Å². The molecule has 0 aliphatic rings. The van der Waals surface area contributed by atoms with Crippen molar-refractivity contribution in [2.45, 2.75) is 38.6 Å². The van der Waals surface area contributed by atoms with E-state index in [4.69, 9.17) is 0 Å². The molecule has 0 saturated heterocycles. The fraction of sp³-hybridized carbons (Fsp3) is 0.429. The molecule has 2 rings (SSSR count). The molecule has 0 amide bonds. The first kappa shape index (κ1) is 16.3. The zero-order valence-electron chi connectivity index (χ0n) is 11.2. The van der Waals surface area contributed by atoms with Gasteiger partial charge in [-0.1, -0.05) is 26.8 Å². The van der Waals surface area contributed by atoms with E-state index >= 15 is 0 Å². The second-order valence-electron chi connectivity index (χ2n) is 5.55. The number of fused-ring (bicyclic) bond motifs is 1. The van der Waals surface area contributed by atoms with Crippen LogP contribution in [0.4, 0.5) is 13.2 Å². The van der Waals surface area contributed by atoms with E-state index in [1.807, 2.05) is 33.8 Å². The maximum atomic E-state index is 13.3. The number of alkyl halides is 3. The van der Waals surface area contributed by atoms with Gasteiger partial charge in [0.15, 0.2) is 9.58 Å². The van der Waals surface area contributed by atoms with Crippen LogP contribution in [0.3, 0.4) is 0 Å². The van der Waals surface area contributed by atoms with Crippen LogP contribution in [0.5, 0.6) is 0 Å². The molecule has 1 heterocycles. The molecule has 0 N–H and O–H groups in total. The van der Waals surface area contributed by atoms with E-state index in [2.05, 4.69) is 0 Å². The van der Waals surface area contributed by atoms with Crippen molar-refractivity contribution >= 4 is 20.6 Å². The van der Waals surface area contributed by atoms with Gasteiger partial charge in [-0.05, 0) is 18.6 Å². The van der Waals surface area contributed by atoms with Gasteiger partial charge in [0.2, 0.25) is 0 Å². The molecule has 0 radical (unpaired) electrons. The SMILES string of the molecule is Cc1ccc2cc(C(C)(C)C)[s+](C(F)(F)F)c2c1.[Cl-]. The van der Waals surface area contributed by atoms with Crippen molar-refractivity contribution in [3.63, 3.8) is 0 Å². The molecule has 19 heavy (non-hydrogen) atoms. The summed E-state index contributed by atoms with van der Waals surface area (Å²) >= 11 is 0. The molecular formula is C14H16ClF3S. The Morgan fingerprint density at radius 3 is 2.05 bits per heavy atom. The number of halogens is 4. The van der Waals surface area contributed by atoms with Crippen LogP contribution in [-0.4, -0.2) is 0 Å². The topological polar surface area (TPSA) is 0 Å². The molecule has 0 saturated carbocycles. The monoisotopic (exact) mass is 308 g/mol. The molecule has 2 aromatic rings. The lowest BCUT2D eigenvalue weighted by atomic mass is 9.94. The minimum Gasteiger partial charge on any atom is -1.00 e. The summed E-state index contributed by atoms with van der Waals surface area (Å²) < 4.78 is 40.4. The van der Waals surface area contributed by atoms with E-state index in [0.717, 1.165) is 5.56 Å². The van der Waals surface area contributed by atoms with E-state index in [9.17, 15) is 13.2 Å². The lowest BCUT2D eigenvalue weighted by molar-refractivity contribution is -0.0869. The van der Waals surface area contributed by atoms with Gasteiger partial charge in [0.05, 0.1) is 10.5 Å². The Bertz CT molecular complexity index is 591. The largest absolute Gasteiger partial charge is 1.00 e. The molecule has 0 bridgehead atoms. The quantitative estimate of drug-likeness (QED) is 0.657. The van der Waals surface area contributed by atoms with Crippen molar-refractivity contribution < 1.29 is 25.6 Å². The normalized spacial score (nSPS) is 13.5. The van der Waals surface area contributed by atoms with Crippen LogP contribution in [0.15, 0.2) is 24.3 Å². The second-order valence-corrected chi connectivity index (χ2v) is 7.51. The third-order valence-corrected chi connectivity index (χ3v) is 5.29. The summed E-state index contributed by atoms with van der Waals surface area (Å²) in [6.07, 6.45) is 0. The van der Waals surface area contributed by atoms with Crippen molar-refractivity contribution in [3.8, 4) is 0 Å². The standard InChI is InChI=1S/C14H16F3S.ClH/c1-9-5-6-10-8-12(13(2,3)4)18(11(10)7-9)14(15,16)17;/h5-8H,1-4H3;1H/q+1;/p-1. The Balaban J connectivity index is 0.00000180. The van der Waals surface area contributed by atoms with E-state index in [1.54, 1.807) is 18.2 Å². The fourth-order valence-electron chi connectivity index (χ4n) is 2.03. The lowest BCUT2D eigenvalue weighted by Gasteiger charge is -2.13. The van der Waals surface area contributed by atoms with Gasteiger partial charge < -0.3 is 12.4 Å². The Labute approximate surface area is 120 Å². The highest BCUT2D eigenvalue weighted by atomic mass is 35.5. The fourth-order valence-corrected chi connectivity index (χ4v) is 4.29. The predicted molar refractivity (Wildman–Crippen MR) is 71.2 cm³/mol. The Hall–Kier alpha value is -0.740. The molecule has 0 fully saturated rings. The van der Waals surface area contributed by atoms with Gasteiger partial charge in [0.1, 0.15) is 0 Å². The highest BCUT2D eigenvalue weighted by Crippen LogP contribution is 2.54. The van der Waals surface area contributed by atoms with Crippen LogP contribution in [-0.2, 0) is 10.9 Å². The summed E-state index contributed by atoms with van der Waals surface area (Å²) in [7, 11) is -1.78. The molecule has 0 nitrogen and oxygen atoms in total. The van der Waals surface area contributed by atoms with Crippen LogP contribution >= 0.6 is 10.5 Å². The Morgan fingerprint density at radius 1 is 1.00 bits per heavy atom. The summed E-state index contributed by atoms with van der Waals surface area (Å²) in [5.74, 6) is 0. The highest BCUT2D eigenvalue weighted by molar-refractivity contribution is 7.38. The van der Waals surface area contributed by atoms with Crippen molar-refractivity contribution in [2.24, 2.45) is 0 Å². The smallest absolute Gasteiger partial charge is 0.600 e. The van der Waals surface area contributed by atoms with Gasteiger partial charge in [-0.15, -0.1) is 13.2 Å². The molecule has 0 aliphatic carbocycles. The number of aryl methyl sites for hydroxylation is 1. The van der Waals surface area contributed by atoms with Crippen molar-refractivity contribution in [3.05, 3.63) is 34.7 Å². The van der Waals surface area contributed by atoms with Crippen molar-refractivity contribution in [2.75, 3.05) is 0 Å². The van der Waals surface area contributed by atoms with Crippen LogP contribution in [0.1, 0.15) is 31.2 Å². The first-order valence-electron chi connectivity index (χ1n) is 5.74. The maximum Gasteiger partial charge on any atom is 0.600 e. The number of thiophene rings is 1. The summed E-state index contributed by atoms with van der Waals surface area (Å²) in [6, 6.07) is 7.03. The number of hydrogen-bond acceptors (Lipinski definition) is 0. The molecule has 0 aliphatic heterocycles. The molecule has 106 valence electrons. The molecule has 1 unspecified atom stereocenters. The van der Waals surface area contributed by atoms with Crippen LogP contribution in [0.25, 0.3) is 10.1 Å². The molecule has 1 aromatic heterocycles. The van der Waals surface area contributed by atoms with E-state index in [0.29, 0.717) is 15.0 Å². The average molecular weight is 309 g/mol. The summed E-state index contributed by atoms with van der Waals surface area (Å²) in [4.78, 5) is 0.482.